The molecule has 0 amide bonds. The van der Waals surface area contributed by atoms with Crippen molar-refractivity contribution in [2.24, 2.45) is 12.0 Å². The number of allylic oxidation sites excluding steroid dienone is 6. The number of aryl methyl sites for hydroxylation is 1. The van der Waals surface area contributed by atoms with Gasteiger partial charge in [-0.05, 0) is 72.8 Å². The molecule has 4 nitrogen and oxygen atoms in total. The molecule has 3 aliphatic rings. The zero-order valence-electron chi connectivity index (χ0n) is 19.4. The van der Waals surface area contributed by atoms with Crippen molar-refractivity contribution in [1.82, 2.24) is 9.55 Å². The van der Waals surface area contributed by atoms with Gasteiger partial charge in [0.05, 0.1) is 21.6 Å². The highest BCUT2D eigenvalue weighted by atomic mass is 33.5. The number of aromatic nitrogens is 2. The van der Waals surface area contributed by atoms with E-state index < -0.39 is 14.2 Å². The lowest BCUT2D eigenvalue weighted by molar-refractivity contribution is -0.432. The molecule has 1 N–H and O–H groups in total. The molecule has 3 aliphatic heterocycles. The van der Waals surface area contributed by atoms with Crippen molar-refractivity contribution in [2.45, 2.75) is 13.8 Å². The number of hydrogen-bond acceptors (Lipinski definition) is 6. The van der Waals surface area contributed by atoms with Gasteiger partial charge in [0, 0.05) is 53.2 Å². The minimum Gasteiger partial charge on any atom is -0.356 e. The number of rotatable bonds is 2. The Kier molecular flexibility index (Phi) is 6.57. The molecule has 0 radical (unpaired) electrons. The van der Waals surface area contributed by atoms with Crippen LogP contribution < -0.4 is 10.7 Å². The van der Waals surface area contributed by atoms with E-state index in [2.05, 4.69) is 59.4 Å². The fraction of sp³-hybridized carbons (Fsp3) is 0.167. The lowest BCUT2D eigenvalue weighted by Gasteiger charge is -2.11. The Balaban J connectivity index is 1.99. The molecule has 180 valence electrons. The highest BCUT2D eigenvalue weighted by Gasteiger charge is 2.26. The maximum atomic E-state index is 5.77. The van der Waals surface area contributed by atoms with E-state index in [0.29, 0.717) is 0 Å². The minimum absolute atomic E-state index is 0.786. The summed E-state index contributed by atoms with van der Waals surface area (Å²) in [6.45, 7) is 4.24. The Morgan fingerprint density at radius 1 is 1.06 bits per heavy atom. The third-order valence-electron chi connectivity index (χ3n) is 6.42. The molecule has 0 fully saturated rings. The zero-order valence-corrected chi connectivity index (χ0v) is 25.2. The number of nitrogens with one attached hydrogen (secondary N) is 1. The Morgan fingerprint density at radius 3 is 2.46 bits per heavy atom. The average molecular weight is 591 g/mol. The Labute approximate surface area is 230 Å². The molecule has 5 rings (SSSR count). The maximum Gasteiger partial charge on any atom is 0.210 e. The predicted molar refractivity (Wildman–Crippen MR) is 167 cm³/mol. The Hall–Kier alpha value is -1.47. The second kappa shape index (κ2) is 9.13. The van der Waals surface area contributed by atoms with E-state index >= 15 is 0 Å². The van der Waals surface area contributed by atoms with Crippen LogP contribution >= 0.6 is 11.7 Å². The molecule has 0 unspecified atom stereocenters. The second-order valence-electron chi connectivity index (χ2n) is 8.51. The van der Waals surface area contributed by atoms with Crippen LogP contribution in [0.1, 0.15) is 25.1 Å². The van der Waals surface area contributed by atoms with Crippen LogP contribution in [0.25, 0.3) is 15.4 Å². The monoisotopic (exact) mass is 590 g/mol. The molecule has 2 aromatic rings. The summed E-state index contributed by atoms with van der Waals surface area (Å²) in [5.74, 6) is 0. The van der Waals surface area contributed by atoms with Gasteiger partial charge in [0.1, 0.15) is 7.05 Å². The molecule has 8 bridgehead atoms. The van der Waals surface area contributed by atoms with E-state index in [1.165, 1.54) is 0 Å². The van der Waals surface area contributed by atoms with Gasteiger partial charge in [0.15, 0.2) is 0 Å². The van der Waals surface area contributed by atoms with Crippen LogP contribution in [-0.4, -0.2) is 32.6 Å². The van der Waals surface area contributed by atoms with Crippen molar-refractivity contribution in [3.63, 3.8) is 0 Å². The molecule has 2 aromatic heterocycles. The summed E-state index contributed by atoms with van der Waals surface area (Å²) in [4.78, 5) is 10.1. The van der Waals surface area contributed by atoms with Crippen molar-refractivity contribution in [3.05, 3.63) is 87.6 Å². The summed E-state index contributed by atoms with van der Waals surface area (Å²) in [7, 11) is 3.23. The van der Waals surface area contributed by atoms with Crippen LogP contribution in [0, 0.1) is 0 Å². The molecule has 0 atom stereocenters. The van der Waals surface area contributed by atoms with Crippen LogP contribution in [0.4, 0.5) is 0 Å². The highest BCUT2D eigenvalue weighted by molar-refractivity contribution is 8.96. The van der Waals surface area contributed by atoms with Gasteiger partial charge in [0.25, 0.3) is 0 Å². The summed E-state index contributed by atoms with van der Waals surface area (Å²) in [6.07, 6.45) is 8.21. The first-order chi connectivity index (χ1) is 16.5. The van der Waals surface area contributed by atoms with E-state index in [1.807, 2.05) is 31.3 Å². The molecule has 0 aliphatic carbocycles. The Bertz CT molecular complexity index is 1820. The van der Waals surface area contributed by atoms with Gasteiger partial charge in [-0.1, -0.05) is 16.6 Å². The lowest BCUT2D eigenvalue weighted by atomic mass is 10.1. The number of hydrogen-bond donors (Lipinski definition) is 2. The van der Waals surface area contributed by atoms with Crippen molar-refractivity contribution >= 4 is 97.4 Å². The summed E-state index contributed by atoms with van der Waals surface area (Å²) in [6, 6.07) is 6.13. The number of aromatic amines is 1. The first-order valence-corrected chi connectivity index (χ1v) is 18.2. The third-order valence-corrected chi connectivity index (χ3v) is 10.7. The van der Waals surface area contributed by atoms with E-state index in [-0.39, 0.29) is 0 Å². The molecule has 0 saturated carbocycles. The highest BCUT2D eigenvalue weighted by Crippen LogP contribution is 2.30. The number of thiol groups is 1. The summed E-state index contributed by atoms with van der Waals surface area (Å²) >= 11 is 27.4. The van der Waals surface area contributed by atoms with Gasteiger partial charge < -0.3 is 17.6 Å². The molecule has 0 spiro atoms. The molecule has 35 heavy (non-hydrogen) atoms. The third kappa shape index (κ3) is 4.35. The molecular weight excluding hydrogens is 569 g/mol. The van der Waals surface area contributed by atoms with E-state index in [0.717, 1.165) is 65.7 Å². The van der Waals surface area contributed by atoms with Crippen LogP contribution in [0.15, 0.2) is 70.7 Å². The number of fused-ring (bicyclic) bond motifs is 6. The molecule has 0 aromatic carbocycles. The number of aliphatic imine (C=N–C) groups is 1. The summed E-state index contributed by atoms with van der Waals surface area (Å²) in [5.41, 5.74) is 8.22. The molecular formula is C24H22N4S7. The standard InChI is InChI=1S/C24H21N4S7/c1-13-15-11-22(27(3)12-15)24(35(31,32)33)19-8-7-18(26-19)23(34(29)30)17-6-5-16(25-17)14(2)21-10-9-20(13)28(21)4/h5-12H,1-4H3,(H,31,32,33)/q-1/p+1. The zero-order chi connectivity index (χ0) is 25.2. The fourth-order valence-electron chi connectivity index (χ4n) is 4.62. The van der Waals surface area contributed by atoms with Crippen molar-refractivity contribution in [3.8, 4) is 0 Å². The molecule has 0 saturated heterocycles. The van der Waals surface area contributed by atoms with Gasteiger partial charge >= 0.3 is 0 Å². The van der Waals surface area contributed by atoms with Gasteiger partial charge in [-0.3, -0.25) is 27.4 Å². The van der Waals surface area contributed by atoms with Crippen molar-refractivity contribution in [1.29, 1.82) is 0 Å². The SMILES string of the molecule is CC1=C2C=CC(=N2)C([S-](=S)=S)=c2ccc([nH]2)=C(S(=S)(=S)S)c2cc(cn2C)C(C)=C2C=CC1=[N+]2C. The van der Waals surface area contributed by atoms with Crippen molar-refractivity contribution in [2.75, 3.05) is 7.05 Å². The normalized spacial score (nSPS) is 18.1. The second-order valence-corrected chi connectivity index (χ2v) is 20.1. The largest absolute Gasteiger partial charge is 0.356 e. The van der Waals surface area contributed by atoms with Crippen LogP contribution in [-0.2, 0) is 66.0 Å². The minimum atomic E-state index is -2.23. The van der Waals surface area contributed by atoms with E-state index in [1.54, 1.807) is 0 Å². The maximum absolute atomic E-state index is 5.77. The van der Waals surface area contributed by atoms with Gasteiger partial charge in [-0.2, -0.15) is 4.58 Å². The fourth-order valence-corrected chi connectivity index (χ4v) is 8.74. The Morgan fingerprint density at radius 2 is 1.77 bits per heavy atom. The van der Waals surface area contributed by atoms with Gasteiger partial charge in [-0.15, -0.1) is 0 Å². The van der Waals surface area contributed by atoms with Gasteiger partial charge in [0.2, 0.25) is 11.4 Å². The predicted octanol–water partition coefficient (Wildman–Crippen LogP) is 2.77. The average Bonchev–Trinajstić information content (AvgIpc) is 3.55. The lowest BCUT2D eigenvalue weighted by Crippen LogP contribution is -2.20. The first-order valence-electron chi connectivity index (χ1n) is 10.6. The molecule has 5 heterocycles. The molecule has 11 heteroatoms. The number of H-pyrrole nitrogens is 1. The van der Waals surface area contributed by atoms with Gasteiger partial charge in [-0.25, -0.2) is 0 Å². The van der Waals surface area contributed by atoms with Crippen molar-refractivity contribution < 1.29 is 4.58 Å². The summed E-state index contributed by atoms with van der Waals surface area (Å²) < 4.78 is 4.28. The van der Waals surface area contributed by atoms with E-state index in [4.69, 9.17) is 61.4 Å². The van der Waals surface area contributed by atoms with Crippen LogP contribution in [0.2, 0.25) is 0 Å². The number of likely N-dealkylation sites (N-methyl/N-ethyl adjacent to an activating group) is 1. The summed E-state index contributed by atoms with van der Waals surface area (Å²) in [5, 5.41) is 1.66. The van der Waals surface area contributed by atoms with E-state index in [9.17, 15) is 0 Å². The quantitative estimate of drug-likeness (QED) is 0.244. The van der Waals surface area contributed by atoms with Crippen LogP contribution in [0.5, 0.6) is 0 Å². The topological polar surface area (TPSA) is 36.1 Å². The van der Waals surface area contributed by atoms with Crippen LogP contribution in [0.3, 0.4) is 0 Å². The first kappa shape index (κ1) is 25.2. The number of nitrogens with zero attached hydrogens (tertiary/aromatic N) is 3. The smallest absolute Gasteiger partial charge is 0.210 e.